The molecule has 1 unspecified atom stereocenters. The van der Waals surface area contributed by atoms with Crippen LogP contribution < -0.4 is 14.8 Å². The largest absolute Gasteiger partial charge is 0.497 e. The van der Waals surface area contributed by atoms with Crippen molar-refractivity contribution in [3.8, 4) is 11.5 Å². The lowest BCUT2D eigenvalue weighted by Crippen LogP contribution is -2.29. The summed E-state index contributed by atoms with van der Waals surface area (Å²) in [6.45, 7) is 0. The van der Waals surface area contributed by atoms with Crippen molar-refractivity contribution in [2.45, 2.75) is 31.7 Å². The Morgan fingerprint density at radius 2 is 2.00 bits per heavy atom. The normalized spacial score (nSPS) is 20.9. The zero-order chi connectivity index (χ0) is 15.5. The number of nitrogens with one attached hydrogen (secondary N) is 1. The molecular weight excluding hydrogens is 296 g/mol. The molecule has 4 nitrogen and oxygen atoms in total. The van der Waals surface area contributed by atoms with Crippen LogP contribution in [0.3, 0.4) is 0 Å². The Morgan fingerprint density at radius 3 is 2.73 bits per heavy atom. The van der Waals surface area contributed by atoms with Gasteiger partial charge in [0.1, 0.15) is 17.5 Å². The molecule has 1 atom stereocenters. The van der Waals surface area contributed by atoms with Crippen LogP contribution >= 0.6 is 11.8 Å². The van der Waals surface area contributed by atoms with Crippen LogP contribution in [0.5, 0.6) is 11.5 Å². The van der Waals surface area contributed by atoms with Gasteiger partial charge in [-0.05, 0) is 55.7 Å². The van der Waals surface area contributed by atoms with Crippen molar-refractivity contribution in [3.05, 3.63) is 35.0 Å². The summed E-state index contributed by atoms with van der Waals surface area (Å²) in [5.74, 6) is 1.71. The Morgan fingerprint density at radius 1 is 1.18 bits per heavy atom. The Balaban J connectivity index is 2.09. The van der Waals surface area contributed by atoms with E-state index >= 15 is 0 Å². The molecule has 0 radical (unpaired) electrons. The molecule has 1 N–H and O–H groups in total. The van der Waals surface area contributed by atoms with Crippen molar-refractivity contribution in [1.29, 1.82) is 0 Å². The number of hydrogen-bond donors (Lipinski definition) is 1. The van der Waals surface area contributed by atoms with Gasteiger partial charge in [0.05, 0.1) is 14.2 Å². The molecule has 3 rings (SSSR count). The van der Waals surface area contributed by atoms with Crippen molar-refractivity contribution in [2.75, 3.05) is 20.5 Å². The number of allylic oxidation sites excluding steroid dienone is 1. The summed E-state index contributed by atoms with van der Waals surface area (Å²) < 4.78 is 11.0. The number of nitrogens with zero attached hydrogens (tertiary/aromatic N) is 1. The van der Waals surface area contributed by atoms with Crippen LogP contribution in [0.1, 0.15) is 37.3 Å². The first-order valence-electron chi connectivity index (χ1n) is 7.59. The predicted octanol–water partition coefficient (Wildman–Crippen LogP) is 3.90. The average molecular weight is 318 g/mol. The van der Waals surface area contributed by atoms with Crippen molar-refractivity contribution < 1.29 is 9.47 Å². The fourth-order valence-corrected chi connectivity index (χ4v) is 3.58. The van der Waals surface area contributed by atoms with Gasteiger partial charge in [-0.2, -0.15) is 0 Å². The second-order valence-corrected chi connectivity index (χ2v) is 6.28. The van der Waals surface area contributed by atoms with Crippen LogP contribution in [0.2, 0.25) is 0 Å². The first-order chi connectivity index (χ1) is 10.8. The van der Waals surface area contributed by atoms with E-state index in [1.54, 1.807) is 26.0 Å². The van der Waals surface area contributed by atoms with Crippen LogP contribution in [-0.2, 0) is 0 Å². The van der Waals surface area contributed by atoms with E-state index in [-0.39, 0.29) is 6.04 Å². The summed E-state index contributed by atoms with van der Waals surface area (Å²) in [5, 5.41) is 4.47. The van der Waals surface area contributed by atoms with E-state index in [2.05, 4.69) is 17.6 Å². The number of benzene rings is 1. The first-order valence-corrected chi connectivity index (χ1v) is 8.82. The minimum absolute atomic E-state index is 0.0315. The Bertz CT molecular complexity index is 625. The third-order valence-electron chi connectivity index (χ3n) is 4.27. The molecule has 0 amide bonds. The molecule has 0 bridgehead atoms. The van der Waals surface area contributed by atoms with Crippen LogP contribution in [-0.4, -0.2) is 25.6 Å². The summed E-state index contributed by atoms with van der Waals surface area (Å²) in [7, 11) is 3.40. The lowest BCUT2D eigenvalue weighted by atomic mass is 9.86. The second-order valence-electron chi connectivity index (χ2n) is 5.48. The quantitative estimate of drug-likeness (QED) is 0.918. The van der Waals surface area contributed by atoms with Crippen molar-refractivity contribution in [2.24, 2.45) is 4.99 Å². The lowest BCUT2D eigenvalue weighted by molar-refractivity contribution is 0.396. The number of hydrogen-bond acceptors (Lipinski definition) is 5. The first kappa shape index (κ1) is 15.3. The van der Waals surface area contributed by atoms with Crippen molar-refractivity contribution in [3.63, 3.8) is 0 Å². The average Bonchev–Trinajstić information content (AvgIpc) is 2.60. The highest BCUT2D eigenvalue weighted by Gasteiger charge is 2.29. The summed E-state index contributed by atoms with van der Waals surface area (Å²) in [6, 6.07) is 5.98. The van der Waals surface area contributed by atoms with Gasteiger partial charge < -0.3 is 14.8 Å². The third kappa shape index (κ3) is 2.82. The highest BCUT2D eigenvalue weighted by molar-refractivity contribution is 8.13. The smallest absolute Gasteiger partial charge is 0.161 e. The Hall–Kier alpha value is -1.62. The molecule has 1 aliphatic heterocycles. The Labute approximate surface area is 136 Å². The molecule has 0 aromatic heterocycles. The van der Waals surface area contributed by atoms with Gasteiger partial charge in [-0.3, -0.25) is 0 Å². The molecule has 1 aromatic rings. The lowest BCUT2D eigenvalue weighted by Gasteiger charge is -2.31. The zero-order valence-corrected chi connectivity index (χ0v) is 14.1. The molecule has 0 spiro atoms. The van der Waals surface area contributed by atoms with Gasteiger partial charge in [-0.25, -0.2) is 4.99 Å². The monoisotopic (exact) mass is 318 g/mol. The van der Waals surface area contributed by atoms with Crippen molar-refractivity contribution in [1.82, 2.24) is 5.32 Å². The van der Waals surface area contributed by atoms with E-state index in [9.17, 15) is 0 Å². The van der Waals surface area contributed by atoms with E-state index in [1.807, 2.05) is 12.1 Å². The van der Waals surface area contributed by atoms with Crippen LogP contribution in [0.15, 0.2) is 34.5 Å². The van der Waals surface area contributed by atoms with Crippen molar-refractivity contribution >= 4 is 16.9 Å². The highest BCUT2D eigenvalue weighted by atomic mass is 32.2. The number of aliphatic imine (C=N–C) groups is 1. The summed E-state index contributed by atoms with van der Waals surface area (Å²) in [6.07, 6.45) is 6.74. The van der Waals surface area contributed by atoms with Crippen LogP contribution in [0, 0.1) is 0 Å². The van der Waals surface area contributed by atoms with E-state index in [4.69, 9.17) is 14.5 Å². The van der Waals surface area contributed by atoms with Gasteiger partial charge >= 0.3 is 0 Å². The summed E-state index contributed by atoms with van der Waals surface area (Å²) in [4.78, 5) is 4.91. The van der Waals surface area contributed by atoms with Crippen LogP contribution in [0.4, 0.5) is 0 Å². The maximum Gasteiger partial charge on any atom is 0.161 e. The third-order valence-corrected chi connectivity index (χ3v) is 4.86. The SMILES string of the molecule is COc1ccc(OC)c(C2N=C(SC)NC3=C2CCCC3)c1. The molecule has 1 aliphatic carbocycles. The molecule has 2 aliphatic rings. The summed E-state index contributed by atoms with van der Waals surface area (Å²) in [5.41, 5.74) is 3.83. The molecule has 0 fully saturated rings. The molecule has 0 saturated heterocycles. The zero-order valence-electron chi connectivity index (χ0n) is 13.3. The van der Waals surface area contributed by atoms with Gasteiger partial charge in [0.15, 0.2) is 5.17 Å². The molecule has 118 valence electrons. The Kier molecular flexibility index (Phi) is 4.62. The number of methoxy groups -OCH3 is 2. The molecular formula is C17H22N2O2S. The molecule has 1 heterocycles. The molecule has 1 aromatic carbocycles. The van der Waals surface area contributed by atoms with E-state index in [1.165, 1.54) is 24.1 Å². The maximum absolute atomic E-state index is 5.57. The van der Waals surface area contributed by atoms with E-state index in [0.717, 1.165) is 35.1 Å². The number of rotatable bonds is 3. The molecule has 5 heteroatoms. The number of thioether (sulfide) groups is 1. The standard InChI is InChI=1S/C17H22N2O2S/c1-20-11-8-9-15(21-2)13(10-11)16-12-6-4-5-7-14(12)18-17(19-16)22-3/h8-10,16H,4-7H2,1-3H3,(H,18,19). The number of amidine groups is 1. The van der Waals surface area contributed by atoms with Crippen LogP contribution in [0.25, 0.3) is 0 Å². The fraction of sp³-hybridized carbons (Fsp3) is 0.471. The second kappa shape index (κ2) is 6.65. The molecule has 22 heavy (non-hydrogen) atoms. The highest BCUT2D eigenvalue weighted by Crippen LogP contribution is 2.42. The van der Waals surface area contributed by atoms with Gasteiger partial charge in [0.2, 0.25) is 0 Å². The van der Waals surface area contributed by atoms with Gasteiger partial charge in [-0.15, -0.1) is 0 Å². The molecule has 0 saturated carbocycles. The topological polar surface area (TPSA) is 42.9 Å². The predicted molar refractivity (Wildman–Crippen MR) is 91.9 cm³/mol. The van der Waals surface area contributed by atoms with Gasteiger partial charge in [-0.1, -0.05) is 11.8 Å². The minimum Gasteiger partial charge on any atom is -0.497 e. The number of ether oxygens (including phenoxy) is 2. The van der Waals surface area contributed by atoms with Gasteiger partial charge in [0, 0.05) is 11.3 Å². The van der Waals surface area contributed by atoms with E-state index in [0.29, 0.717) is 0 Å². The fourth-order valence-electron chi connectivity index (χ4n) is 3.14. The summed E-state index contributed by atoms with van der Waals surface area (Å²) >= 11 is 1.66. The maximum atomic E-state index is 5.57. The minimum atomic E-state index is 0.0315. The van der Waals surface area contributed by atoms with E-state index < -0.39 is 0 Å². The van der Waals surface area contributed by atoms with Gasteiger partial charge in [0.25, 0.3) is 0 Å².